The van der Waals surface area contributed by atoms with Crippen LogP contribution in [0.25, 0.3) is 0 Å². The van der Waals surface area contributed by atoms with Crippen molar-refractivity contribution in [2.75, 3.05) is 5.32 Å². The van der Waals surface area contributed by atoms with E-state index in [-0.39, 0.29) is 11.7 Å². The molecule has 0 radical (unpaired) electrons. The molecule has 0 aromatic heterocycles. The Bertz CT molecular complexity index is 537. The van der Waals surface area contributed by atoms with E-state index in [2.05, 4.69) is 5.32 Å². The van der Waals surface area contributed by atoms with Gasteiger partial charge >= 0.3 is 0 Å². The fourth-order valence-electron chi connectivity index (χ4n) is 1.55. The van der Waals surface area contributed by atoms with Crippen LogP contribution in [0, 0.1) is 0 Å². The second-order valence-electron chi connectivity index (χ2n) is 4.11. The number of ether oxygens (including phenoxy) is 1. The first-order valence-corrected chi connectivity index (χ1v) is 5.97. The topological polar surface area (TPSA) is 58.6 Å². The van der Waals surface area contributed by atoms with Gasteiger partial charge in [0.1, 0.15) is 11.5 Å². The number of amides is 1. The molecule has 2 rings (SSSR count). The number of aromatic hydroxyl groups is 1. The summed E-state index contributed by atoms with van der Waals surface area (Å²) in [6.45, 7) is 1.68. The van der Waals surface area contributed by atoms with Crippen LogP contribution in [-0.2, 0) is 4.79 Å². The molecular formula is C15H15NO3. The molecule has 0 unspecified atom stereocenters. The molecule has 19 heavy (non-hydrogen) atoms. The molecule has 1 atom stereocenters. The van der Waals surface area contributed by atoms with Crippen molar-refractivity contribution in [1.82, 2.24) is 0 Å². The van der Waals surface area contributed by atoms with E-state index in [1.54, 1.807) is 31.2 Å². The number of phenolic OH excluding ortho intramolecular Hbond substituents is 1. The molecule has 4 heteroatoms. The summed E-state index contributed by atoms with van der Waals surface area (Å²) in [5, 5.41) is 11.9. The first-order valence-electron chi connectivity index (χ1n) is 5.97. The fraction of sp³-hybridized carbons (Fsp3) is 0.133. The maximum Gasteiger partial charge on any atom is 0.265 e. The highest BCUT2D eigenvalue weighted by Crippen LogP contribution is 2.15. The van der Waals surface area contributed by atoms with Gasteiger partial charge in [-0.15, -0.1) is 0 Å². The zero-order chi connectivity index (χ0) is 13.7. The molecule has 98 valence electrons. The Hall–Kier alpha value is -2.49. The number of para-hydroxylation sites is 1. The second-order valence-corrected chi connectivity index (χ2v) is 4.11. The van der Waals surface area contributed by atoms with E-state index in [0.717, 1.165) is 0 Å². The van der Waals surface area contributed by atoms with Crippen LogP contribution in [0.15, 0.2) is 54.6 Å². The molecule has 2 N–H and O–H groups in total. The Kier molecular flexibility index (Phi) is 4.03. The largest absolute Gasteiger partial charge is 0.508 e. The summed E-state index contributed by atoms with van der Waals surface area (Å²) < 4.78 is 5.51. The molecule has 0 spiro atoms. The maximum absolute atomic E-state index is 11.9. The van der Waals surface area contributed by atoms with Crippen LogP contribution in [0.5, 0.6) is 11.5 Å². The van der Waals surface area contributed by atoms with E-state index >= 15 is 0 Å². The van der Waals surface area contributed by atoms with Crippen molar-refractivity contribution in [3.63, 3.8) is 0 Å². The van der Waals surface area contributed by atoms with Crippen molar-refractivity contribution in [2.24, 2.45) is 0 Å². The molecule has 4 nitrogen and oxygen atoms in total. The van der Waals surface area contributed by atoms with E-state index < -0.39 is 6.10 Å². The standard InChI is InChI=1S/C15H15NO3/c1-11(19-14-5-3-2-4-6-14)15(18)16-12-7-9-13(17)10-8-12/h2-11,17H,1H3,(H,16,18)/t11-/m1/s1. The average Bonchev–Trinajstić information content (AvgIpc) is 2.42. The third-order valence-corrected chi connectivity index (χ3v) is 2.56. The van der Waals surface area contributed by atoms with Gasteiger partial charge in [-0.3, -0.25) is 4.79 Å². The molecule has 0 heterocycles. The van der Waals surface area contributed by atoms with E-state index in [4.69, 9.17) is 9.84 Å². The predicted octanol–water partition coefficient (Wildman–Crippen LogP) is 2.80. The lowest BCUT2D eigenvalue weighted by atomic mass is 10.3. The van der Waals surface area contributed by atoms with Crippen LogP contribution in [0.4, 0.5) is 5.69 Å². The number of carbonyl (C=O) groups excluding carboxylic acids is 1. The molecule has 0 aliphatic heterocycles. The number of phenols is 1. The number of hydrogen-bond acceptors (Lipinski definition) is 3. The summed E-state index contributed by atoms with van der Waals surface area (Å²) >= 11 is 0. The summed E-state index contributed by atoms with van der Waals surface area (Å²) in [7, 11) is 0. The number of carbonyl (C=O) groups is 1. The molecule has 0 saturated carbocycles. The normalized spacial score (nSPS) is 11.6. The zero-order valence-corrected chi connectivity index (χ0v) is 10.5. The molecule has 0 bridgehead atoms. The lowest BCUT2D eigenvalue weighted by molar-refractivity contribution is -0.122. The smallest absolute Gasteiger partial charge is 0.265 e. The van der Waals surface area contributed by atoms with Crippen molar-refractivity contribution >= 4 is 11.6 Å². The highest BCUT2D eigenvalue weighted by Gasteiger charge is 2.14. The number of anilines is 1. The highest BCUT2D eigenvalue weighted by molar-refractivity contribution is 5.94. The number of hydrogen-bond donors (Lipinski definition) is 2. The third-order valence-electron chi connectivity index (χ3n) is 2.56. The molecule has 0 aliphatic rings. The van der Waals surface area contributed by atoms with Gasteiger partial charge < -0.3 is 15.2 Å². The first kappa shape index (κ1) is 13.0. The van der Waals surface area contributed by atoms with Crippen molar-refractivity contribution in [1.29, 1.82) is 0 Å². The minimum atomic E-state index is -0.601. The molecule has 2 aromatic carbocycles. The van der Waals surface area contributed by atoms with Crippen LogP contribution in [0.3, 0.4) is 0 Å². The number of rotatable bonds is 4. The Morgan fingerprint density at radius 2 is 1.74 bits per heavy atom. The summed E-state index contributed by atoms with van der Waals surface area (Å²) in [5.41, 5.74) is 0.617. The lowest BCUT2D eigenvalue weighted by Gasteiger charge is -2.14. The summed E-state index contributed by atoms with van der Waals surface area (Å²) in [6.07, 6.45) is -0.601. The quantitative estimate of drug-likeness (QED) is 0.828. The van der Waals surface area contributed by atoms with Gasteiger partial charge in [-0.1, -0.05) is 18.2 Å². The van der Waals surface area contributed by atoms with Gasteiger partial charge in [0.2, 0.25) is 0 Å². The van der Waals surface area contributed by atoms with Gasteiger partial charge in [0.05, 0.1) is 0 Å². The molecule has 2 aromatic rings. The maximum atomic E-state index is 11.9. The molecule has 1 amide bonds. The minimum Gasteiger partial charge on any atom is -0.508 e. The molecule has 0 saturated heterocycles. The van der Waals surface area contributed by atoms with Gasteiger partial charge in [-0.05, 0) is 43.3 Å². The van der Waals surface area contributed by atoms with Crippen LogP contribution < -0.4 is 10.1 Å². The summed E-state index contributed by atoms with van der Waals surface area (Å²) in [4.78, 5) is 11.9. The SMILES string of the molecule is C[C@@H](Oc1ccccc1)C(=O)Nc1ccc(O)cc1. The van der Waals surface area contributed by atoms with E-state index in [1.807, 2.05) is 18.2 Å². The first-order chi connectivity index (χ1) is 9.15. The Balaban J connectivity index is 1.94. The van der Waals surface area contributed by atoms with Gasteiger partial charge in [0.15, 0.2) is 6.10 Å². The predicted molar refractivity (Wildman–Crippen MR) is 73.3 cm³/mol. The van der Waals surface area contributed by atoms with Crippen LogP contribution in [0.1, 0.15) is 6.92 Å². The Labute approximate surface area is 111 Å². The monoisotopic (exact) mass is 257 g/mol. The zero-order valence-electron chi connectivity index (χ0n) is 10.5. The van der Waals surface area contributed by atoms with Gasteiger partial charge in [-0.25, -0.2) is 0 Å². The summed E-state index contributed by atoms with van der Waals surface area (Å²) in [5.74, 6) is 0.567. The van der Waals surface area contributed by atoms with Gasteiger partial charge in [0.25, 0.3) is 5.91 Å². The third kappa shape index (κ3) is 3.74. The van der Waals surface area contributed by atoms with Crippen molar-refractivity contribution in [3.05, 3.63) is 54.6 Å². The number of nitrogens with one attached hydrogen (secondary N) is 1. The molecule has 0 aliphatic carbocycles. The van der Waals surface area contributed by atoms with Crippen molar-refractivity contribution in [2.45, 2.75) is 13.0 Å². The second kappa shape index (κ2) is 5.91. The van der Waals surface area contributed by atoms with E-state index in [9.17, 15) is 4.79 Å². The average molecular weight is 257 g/mol. The van der Waals surface area contributed by atoms with Crippen LogP contribution >= 0.6 is 0 Å². The van der Waals surface area contributed by atoms with Crippen LogP contribution in [-0.4, -0.2) is 17.1 Å². The Morgan fingerprint density at radius 3 is 2.37 bits per heavy atom. The number of benzene rings is 2. The van der Waals surface area contributed by atoms with Crippen molar-refractivity contribution in [3.8, 4) is 11.5 Å². The van der Waals surface area contributed by atoms with E-state index in [0.29, 0.717) is 11.4 Å². The molecular weight excluding hydrogens is 242 g/mol. The minimum absolute atomic E-state index is 0.159. The van der Waals surface area contributed by atoms with Gasteiger partial charge in [0, 0.05) is 5.69 Å². The lowest BCUT2D eigenvalue weighted by Crippen LogP contribution is -2.30. The van der Waals surface area contributed by atoms with Crippen molar-refractivity contribution < 1.29 is 14.6 Å². The Morgan fingerprint density at radius 1 is 1.11 bits per heavy atom. The highest BCUT2D eigenvalue weighted by atomic mass is 16.5. The van der Waals surface area contributed by atoms with Gasteiger partial charge in [-0.2, -0.15) is 0 Å². The molecule has 0 fully saturated rings. The van der Waals surface area contributed by atoms with E-state index in [1.165, 1.54) is 12.1 Å². The van der Waals surface area contributed by atoms with Crippen LogP contribution in [0.2, 0.25) is 0 Å². The fourth-order valence-corrected chi connectivity index (χ4v) is 1.55. The summed E-state index contributed by atoms with van der Waals surface area (Å²) in [6, 6.07) is 15.4.